The summed E-state index contributed by atoms with van der Waals surface area (Å²) in [4.78, 5) is 43.3. The number of likely N-dealkylation sites (tertiary alicyclic amines) is 2. The van der Waals surface area contributed by atoms with Gasteiger partial charge in [0.2, 0.25) is 11.8 Å². The molecule has 0 saturated carbocycles. The third kappa shape index (κ3) is 3.64. The zero-order valence-corrected chi connectivity index (χ0v) is 17.6. The zero-order valence-electron chi connectivity index (χ0n) is 17.6. The molecular formula is C22H29N3O5. The Hall–Kier alpha value is -2.61. The molecule has 162 valence electrons. The average molecular weight is 415 g/mol. The van der Waals surface area contributed by atoms with E-state index in [-0.39, 0.29) is 24.2 Å². The molecule has 3 aliphatic heterocycles. The standard InChI is InChI=1S/C22H29N3O5/c1-23-19(26)13-17(21(28)29-2)22(23)7-9-25(10-8-22)20(27)15-24-11-12-30-18-6-4-3-5-16(18)14-24/h3-6,17H,7-15H2,1-2H3. The van der Waals surface area contributed by atoms with Crippen molar-refractivity contribution in [3.05, 3.63) is 29.8 Å². The van der Waals surface area contributed by atoms with Crippen molar-refractivity contribution in [1.29, 1.82) is 0 Å². The van der Waals surface area contributed by atoms with Crippen LogP contribution in [0, 0.1) is 5.92 Å². The van der Waals surface area contributed by atoms with E-state index < -0.39 is 11.5 Å². The quantitative estimate of drug-likeness (QED) is 0.683. The van der Waals surface area contributed by atoms with E-state index in [2.05, 4.69) is 4.90 Å². The van der Waals surface area contributed by atoms with Gasteiger partial charge in [-0.3, -0.25) is 19.3 Å². The predicted molar refractivity (Wildman–Crippen MR) is 109 cm³/mol. The highest BCUT2D eigenvalue weighted by Crippen LogP contribution is 2.43. The van der Waals surface area contributed by atoms with Gasteiger partial charge in [-0.25, -0.2) is 0 Å². The molecule has 3 aliphatic rings. The number of hydrogen-bond donors (Lipinski definition) is 0. The maximum atomic E-state index is 13.0. The smallest absolute Gasteiger partial charge is 0.311 e. The molecule has 1 atom stereocenters. The minimum absolute atomic E-state index is 0.0339. The van der Waals surface area contributed by atoms with Crippen molar-refractivity contribution in [3.63, 3.8) is 0 Å². The van der Waals surface area contributed by atoms with Crippen molar-refractivity contribution in [1.82, 2.24) is 14.7 Å². The average Bonchev–Trinajstić information content (AvgIpc) is 2.90. The molecule has 1 aromatic rings. The molecule has 1 spiro atoms. The SMILES string of the molecule is COC(=O)C1CC(=O)N(C)C12CCN(C(=O)CN1CCOc3ccccc3C1)CC2. The lowest BCUT2D eigenvalue weighted by Gasteiger charge is -2.46. The maximum Gasteiger partial charge on any atom is 0.311 e. The molecule has 3 heterocycles. The second-order valence-electron chi connectivity index (χ2n) is 8.38. The van der Waals surface area contributed by atoms with Crippen LogP contribution in [0.2, 0.25) is 0 Å². The van der Waals surface area contributed by atoms with Crippen LogP contribution in [0.1, 0.15) is 24.8 Å². The fraction of sp³-hybridized carbons (Fsp3) is 0.591. The Labute approximate surface area is 176 Å². The largest absolute Gasteiger partial charge is 0.492 e. The summed E-state index contributed by atoms with van der Waals surface area (Å²) in [6.45, 7) is 3.33. The van der Waals surface area contributed by atoms with E-state index in [1.165, 1.54) is 7.11 Å². The minimum Gasteiger partial charge on any atom is -0.492 e. The third-order valence-electron chi connectivity index (χ3n) is 6.93. The summed E-state index contributed by atoms with van der Waals surface area (Å²) >= 11 is 0. The lowest BCUT2D eigenvalue weighted by molar-refractivity contribution is -0.150. The highest BCUT2D eigenvalue weighted by molar-refractivity contribution is 5.89. The van der Waals surface area contributed by atoms with Crippen molar-refractivity contribution in [2.24, 2.45) is 5.92 Å². The Bertz CT molecular complexity index is 834. The number of nitrogens with zero attached hydrogens (tertiary/aromatic N) is 3. The van der Waals surface area contributed by atoms with Gasteiger partial charge in [0.1, 0.15) is 12.4 Å². The first-order chi connectivity index (χ1) is 14.4. The molecule has 2 amide bonds. The van der Waals surface area contributed by atoms with Crippen LogP contribution in [0.25, 0.3) is 0 Å². The molecule has 4 rings (SSSR count). The second kappa shape index (κ2) is 8.26. The first-order valence-electron chi connectivity index (χ1n) is 10.5. The number of amides is 2. The summed E-state index contributed by atoms with van der Waals surface area (Å²) in [7, 11) is 3.12. The number of hydrogen-bond acceptors (Lipinski definition) is 6. The molecule has 8 heteroatoms. The summed E-state index contributed by atoms with van der Waals surface area (Å²) in [5, 5.41) is 0. The van der Waals surface area contributed by atoms with E-state index >= 15 is 0 Å². The number of rotatable bonds is 3. The Morgan fingerprint density at radius 3 is 2.67 bits per heavy atom. The van der Waals surface area contributed by atoms with Gasteiger partial charge in [0.15, 0.2) is 0 Å². The summed E-state index contributed by atoms with van der Waals surface area (Å²) in [6, 6.07) is 7.93. The number of methoxy groups -OCH3 is 1. The first-order valence-corrected chi connectivity index (χ1v) is 10.5. The number of carbonyl (C=O) groups is 3. The van der Waals surface area contributed by atoms with E-state index in [1.54, 1.807) is 11.9 Å². The molecule has 1 aromatic carbocycles. The monoisotopic (exact) mass is 415 g/mol. The summed E-state index contributed by atoms with van der Waals surface area (Å²) in [5.74, 6) is 0.126. The molecule has 0 radical (unpaired) electrons. The Balaban J connectivity index is 1.39. The van der Waals surface area contributed by atoms with Crippen LogP contribution in [0.15, 0.2) is 24.3 Å². The molecule has 0 bridgehead atoms. The Morgan fingerprint density at radius 1 is 1.20 bits per heavy atom. The summed E-state index contributed by atoms with van der Waals surface area (Å²) in [6.07, 6.45) is 1.36. The normalized spacial score (nSPS) is 23.7. The predicted octanol–water partition coefficient (Wildman–Crippen LogP) is 0.894. The molecule has 8 nitrogen and oxygen atoms in total. The third-order valence-corrected chi connectivity index (χ3v) is 6.93. The maximum absolute atomic E-state index is 13.0. The molecule has 2 saturated heterocycles. The first kappa shape index (κ1) is 20.7. The number of ether oxygens (including phenoxy) is 2. The molecule has 0 aromatic heterocycles. The van der Waals surface area contributed by atoms with E-state index in [1.807, 2.05) is 29.2 Å². The van der Waals surface area contributed by atoms with Gasteiger partial charge in [-0.1, -0.05) is 18.2 Å². The Morgan fingerprint density at radius 2 is 1.93 bits per heavy atom. The van der Waals surface area contributed by atoms with Gasteiger partial charge in [0.05, 0.1) is 25.1 Å². The highest BCUT2D eigenvalue weighted by Gasteiger charge is 2.56. The van der Waals surface area contributed by atoms with Gasteiger partial charge in [0, 0.05) is 45.2 Å². The molecule has 30 heavy (non-hydrogen) atoms. The molecule has 2 fully saturated rings. The van der Waals surface area contributed by atoms with Gasteiger partial charge in [-0.05, 0) is 18.9 Å². The molecule has 1 unspecified atom stereocenters. The van der Waals surface area contributed by atoms with Crippen LogP contribution >= 0.6 is 0 Å². The number of carbonyl (C=O) groups excluding carboxylic acids is 3. The summed E-state index contributed by atoms with van der Waals surface area (Å²) in [5.41, 5.74) is 0.545. The number of fused-ring (bicyclic) bond motifs is 1. The number of esters is 1. The van der Waals surface area contributed by atoms with Crippen LogP contribution < -0.4 is 4.74 Å². The number of para-hydroxylation sites is 1. The lowest BCUT2D eigenvalue weighted by Crippen LogP contribution is -2.57. The molecular weight excluding hydrogens is 386 g/mol. The van der Waals surface area contributed by atoms with E-state index in [4.69, 9.17) is 9.47 Å². The zero-order chi connectivity index (χ0) is 21.3. The van der Waals surface area contributed by atoms with Gasteiger partial charge in [-0.2, -0.15) is 0 Å². The fourth-order valence-corrected chi connectivity index (χ4v) is 5.06. The van der Waals surface area contributed by atoms with Gasteiger partial charge in [0.25, 0.3) is 0 Å². The number of benzene rings is 1. The van der Waals surface area contributed by atoms with Gasteiger partial charge >= 0.3 is 5.97 Å². The van der Waals surface area contributed by atoms with Crippen LogP contribution in [-0.2, 0) is 25.7 Å². The van der Waals surface area contributed by atoms with E-state index in [9.17, 15) is 14.4 Å². The van der Waals surface area contributed by atoms with Crippen molar-refractivity contribution < 1.29 is 23.9 Å². The van der Waals surface area contributed by atoms with Gasteiger partial charge < -0.3 is 19.3 Å². The van der Waals surface area contributed by atoms with Crippen LogP contribution in [0.4, 0.5) is 0 Å². The van der Waals surface area contributed by atoms with Crippen molar-refractivity contribution in [3.8, 4) is 5.75 Å². The van der Waals surface area contributed by atoms with Gasteiger partial charge in [-0.15, -0.1) is 0 Å². The van der Waals surface area contributed by atoms with Crippen molar-refractivity contribution in [2.45, 2.75) is 31.3 Å². The van der Waals surface area contributed by atoms with Crippen LogP contribution in [0.5, 0.6) is 5.75 Å². The molecule has 0 aliphatic carbocycles. The lowest BCUT2D eigenvalue weighted by atomic mass is 9.77. The van der Waals surface area contributed by atoms with Crippen LogP contribution in [0.3, 0.4) is 0 Å². The van der Waals surface area contributed by atoms with Crippen molar-refractivity contribution in [2.75, 3.05) is 46.9 Å². The van der Waals surface area contributed by atoms with E-state index in [0.29, 0.717) is 52.2 Å². The summed E-state index contributed by atoms with van der Waals surface area (Å²) < 4.78 is 10.7. The Kier molecular flexibility index (Phi) is 5.69. The van der Waals surface area contributed by atoms with Crippen LogP contribution in [-0.4, -0.2) is 85.0 Å². The topological polar surface area (TPSA) is 79.4 Å². The second-order valence-corrected chi connectivity index (χ2v) is 8.38. The minimum atomic E-state index is -0.545. The fourth-order valence-electron chi connectivity index (χ4n) is 5.06. The van der Waals surface area contributed by atoms with Crippen molar-refractivity contribution >= 4 is 17.8 Å². The number of piperidine rings is 1. The van der Waals surface area contributed by atoms with E-state index in [0.717, 1.165) is 11.3 Å². The molecule has 0 N–H and O–H groups in total. The highest BCUT2D eigenvalue weighted by atomic mass is 16.5.